The Bertz CT molecular complexity index is 1300. The summed E-state index contributed by atoms with van der Waals surface area (Å²) in [5.74, 6) is -0.411. The van der Waals surface area contributed by atoms with Crippen LogP contribution < -0.4 is 16.0 Å². The average molecular weight is 494 g/mol. The lowest BCUT2D eigenvalue weighted by atomic mass is 10.1. The van der Waals surface area contributed by atoms with Crippen LogP contribution in [0.2, 0.25) is 0 Å². The Balaban J connectivity index is 1.29. The van der Waals surface area contributed by atoms with Gasteiger partial charge in [-0.05, 0) is 23.8 Å². The molecule has 0 unspecified atom stereocenters. The minimum atomic E-state index is -0.510. The normalized spacial score (nSPS) is 22.2. The lowest BCUT2D eigenvalue weighted by Gasteiger charge is -2.31. The van der Waals surface area contributed by atoms with Gasteiger partial charge >= 0.3 is 0 Å². The van der Waals surface area contributed by atoms with Crippen molar-refractivity contribution in [1.82, 2.24) is 19.5 Å². The monoisotopic (exact) mass is 493 g/mol. The number of rotatable bonds is 5. The molecule has 0 atom stereocenters. The predicted octanol–water partition coefficient (Wildman–Crippen LogP) is 0.474. The van der Waals surface area contributed by atoms with Crippen molar-refractivity contribution < 1.29 is 23.8 Å². The molecule has 12 nitrogen and oxygen atoms in total. The van der Waals surface area contributed by atoms with E-state index in [0.717, 1.165) is 11.3 Å². The molecule has 2 aromatic heterocycles. The number of hydrogen-bond acceptors (Lipinski definition) is 9. The van der Waals surface area contributed by atoms with Crippen molar-refractivity contribution in [3.63, 3.8) is 0 Å². The Hall–Kier alpha value is -3.58. The average Bonchev–Trinajstić information content (AvgIpc) is 3.46. The van der Waals surface area contributed by atoms with Crippen LogP contribution in [0.25, 0.3) is 5.65 Å². The first-order valence-corrected chi connectivity index (χ1v) is 11.9. The lowest BCUT2D eigenvalue weighted by Crippen LogP contribution is -2.45. The highest BCUT2D eigenvalue weighted by atomic mass is 16.7. The highest BCUT2D eigenvalue weighted by Crippen LogP contribution is 2.35. The first kappa shape index (κ1) is 22.9. The minimum Gasteiger partial charge on any atom is -0.378 e. The van der Waals surface area contributed by atoms with Gasteiger partial charge in [0.15, 0.2) is 11.9 Å². The molecular formula is C24H27N7O5. The van der Waals surface area contributed by atoms with Crippen molar-refractivity contribution >= 4 is 28.8 Å². The van der Waals surface area contributed by atoms with Crippen molar-refractivity contribution in [3.05, 3.63) is 53.5 Å². The number of hydrogen-bond donors (Lipinski definition) is 2. The van der Waals surface area contributed by atoms with Gasteiger partial charge in [-0.15, -0.1) is 0 Å². The summed E-state index contributed by atoms with van der Waals surface area (Å²) in [6.45, 7) is 3.95. The van der Waals surface area contributed by atoms with Gasteiger partial charge in [0.25, 0.3) is 11.8 Å². The second kappa shape index (κ2) is 9.47. The van der Waals surface area contributed by atoms with Crippen LogP contribution in [0.15, 0.2) is 36.8 Å². The van der Waals surface area contributed by atoms with Gasteiger partial charge in [-0.25, -0.2) is 9.50 Å². The molecule has 0 radical (unpaired) electrons. The van der Waals surface area contributed by atoms with Crippen LogP contribution in [-0.2, 0) is 20.8 Å². The number of nitrogens with zero attached hydrogens (tertiary/aromatic N) is 5. The van der Waals surface area contributed by atoms with E-state index in [9.17, 15) is 9.59 Å². The number of nitrogens with one attached hydrogen (secondary N) is 1. The van der Waals surface area contributed by atoms with Gasteiger partial charge in [0, 0.05) is 37.6 Å². The van der Waals surface area contributed by atoms with Crippen molar-refractivity contribution in [3.8, 4) is 0 Å². The van der Waals surface area contributed by atoms with Crippen molar-refractivity contribution in [2.75, 3.05) is 56.3 Å². The summed E-state index contributed by atoms with van der Waals surface area (Å²) in [7, 11) is 0. The van der Waals surface area contributed by atoms with E-state index in [1.54, 1.807) is 27.9 Å². The lowest BCUT2D eigenvalue weighted by molar-refractivity contribution is -0.190. The van der Waals surface area contributed by atoms with Crippen LogP contribution >= 0.6 is 0 Å². The smallest absolute Gasteiger partial charge is 0.261 e. The number of anilines is 2. The molecule has 2 fully saturated rings. The molecule has 3 aromatic rings. The number of morpholine rings is 1. The van der Waals surface area contributed by atoms with Gasteiger partial charge in [0.05, 0.1) is 56.6 Å². The van der Waals surface area contributed by atoms with Gasteiger partial charge in [-0.1, -0.05) is 0 Å². The summed E-state index contributed by atoms with van der Waals surface area (Å²) in [5, 5.41) is 7.26. The summed E-state index contributed by atoms with van der Waals surface area (Å²) in [4.78, 5) is 34.7. The number of ether oxygens (including phenoxy) is 3. The van der Waals surface area contributed by atoms with E-state index >= 15 is 0 Å². The van der Waals surface area contributed by atoms with Crippen molar-refractivity contribution in [2.24, 2.45) is 5.73 Å². The summed E-state index contributed by atoms with van der Waals surface area (Å²) >= 11 is 0. The largest absolute Gasteiger partial charge is 0.378 e. The number of aromatic nitrogens is 3. The molecule has 6 rings (SSSR count). The van der Waals surface area contributed by atoms with Crippen LogP contribution in [0.1, 0.15) is 26.3 Å². The molecular weight excluding hydrogens is 466 g/mol. The molecule has 3 aliphatic rings. The zero-order chi connectivity index (χ0) is 24.6. The molecule has 0 saturated carbocycles. The molecule has 0 aliphatic carbocycles. The molecule has 188 valence electrons. The second-order valence-corrected chi connectivity index (χ2v) is 9.07. The summed E-state index contributed by atoms with van der Waals surface area (Å²) in [5.41, 5.74) is 9.51. The first-order valence-electron chi connectivity index (χ1n) is 11.9. The maximum absolute atomic E-state index is 13.3. The number of fused-ring (bicyclic) bond motifs is 2. The van der Waals surface area contributed by atoms with Crippen LogP contribution in [0.5, 0.6) is 0 Å². The topological polar surface area (TPSA) is 137 Å². The fraction of sp³-hybridized carbons (Fsp3) is 0.417. The molecule has 36 heavy (non-hydrogen) atoms. The quantitative estimate of drug-likeness (QED) is 0.520. The molecule has 0 spiro atoms. The molecule has 3 N–H and O–H groups in total. The Labute approximate surface area is 206 Å². The maximum atomic E-state index is 13.3. The highest BCUT2D eigenvalue weighted by molar-refractivity contribution is 6.10. The number of amides is 2. The fourth-order valence-electron chi connectivity index (χ4n) is 4.74. The second-order valence-electron chi connectivity index (χ2n) is 9.07. The summed E-state index contributed by atoms with van der Waals surface area (Å²) in [6, 6.07) is 5.34. The van der Waals surface area contributed by atoms with E-state index in [0.29, 0.717) is 75.1 Å². The minimum absolute atomic E-state index is 0.0914. The van der Waals surface area contributed by atoms with E-state index in [1.165, 1.54) is 6.20 Å². The van der Waals surface area contributed by atoms with Crippen LogP contribution in [0.3, 0.4) is 0 Å². The van der Waals surface area contributed by atoms with E-state index in [1.807, 2.05) is 12.1 Å². The number of benzene rings is 1. The Morgan fingerprint density at radius 2 is 2.00 bits per heavy atom. The van der Waals surface area contributed by atoms with Crippen molar-refractivity contribution in [2.45, 2.75) is 18.9 Å². The standard InChI is InChI=1S/C24H27N7O5/c25-16-13-35-21(36-14-16)12-30-11-15-8-19(20(9-17(15)24(30)33)29-4-6-34-7-5-29)28-23(32)18-10-27-31-3-1-2-26-22(18)31/h1-3,8-10,16,21H,4-7,11-14,25H2,(H,28,32)/t16-,21-. The fourth-order valence-corrected chi connectivity index (χ4v) is 4.74. The molecule has 5 heterocycles. The zero-order valence-corrected chi connectivity index (χ0v) is 19.6. The summed E-state index contributed by atoms with van der Waals surface area (Å²) < 4.78 is 18.3. The van der Waals surface area contributed by atoms with Gasteiger partial charge in [0.2, 0.25) is 0 Å². The molecule has 1 aromatic carbocycles. The van der Waals surface area contributed by atoms with Gasteiger partial charge in [-0.3, -0.25) is 9.59 Å². The number of carbonyl (C=O) groups is 2. The predicted molar refractivity (Wildman–Crippen MR) is 129 cm³/mol. The van der Waals surface area contributed by atoms with Gasteiger partial charge < -0.3 is 35.1 Å². The molecule has 0 bridgehead atoms. The van der Waals surface area contributed by atoms with Crippen LogP contribution in [0, 0.1) is 0 Å². The number of nitrogens with two attached hydrogens (primary N) is 1. The Morgan fingerprint density at radius 1 is 1.19 bits per heavy atom. The van der Waals surface area contributed by atoms with Crippen LogP contribution in [0.4, 0.5) is 11.4 Å². The third-order valence-corrected chi connectivity index (χ3v) is 6.59. The summed E-state index contributed by atoms with van der Waals surface area (Å²) in [6.07, 6.45) is 4.35. The van der Waals surface area contributed by atoms with Crippen LogP contribution in [-0.4, -0.2) is 89.7 Å². The van der Waals surface area contributed by atoms with E-state index < -0.39 is 6.29 Å². The van der Waals surface area contributed by atoms with E-state index in [4.69, 9.17) is 19.9 Å². The third-order valence-electron chi connectivity index (χ3n) is 6.59. The molecule has 3 aliphatic heterocycles. The molecule has 2 saturated heterocycles. The van der Waals surface area contributed by atoms with E-state index in [-0.39, 0.29) is 17.9 Å². The Morgan fingerprint density at radius 3 is 2.81 bits per heavy atom. The first-order chi connectivity index (χ1) is 17.6. The molecule has 2 amide bonds. The number of carbonyl (C=O) groups excluding carboxylic acids is 2. The zero-order valence-electron chi connectivity index (χ0n) is 19.6. The Kier molecular flexibility index (Phi) is 6.01. The maximum Gasteiger partial charge on any atom is 0.261 e. The van der Waals surface area contributed by atoms with Gasteiger partial charge in [0.1, 0.15) is 5.56 Å². The third kappa shape index (κ3) is 4.28. The van der Waals surface area contributed by atoms with Crippen molar-refractivity contribution in [1.29, 1.82) is 0 Å². The molecule has 12 heteroatoms. The SMILES string of the molecule is N[C@H]1CO[C@H](CN2Cc3cc(NC(=O)c4cnn5cccnc45)c(N4CCOCC4)cc3C2=O)OC1. The van der Waals surface area contributed by atoms with Gasteiger partial charge in [-0.2, -0.15) is 5.10 Å². The van der Waals surface area contributed by atoms with E-state index in [2.05, 4.69) is 20.3 Å². The highest BCUT2D eigenvalue weighted by Gasteiger charge is 2.33.